The Kier molecular flexibility index (Phi) is 4.46. The van der Waals surface area contributed by atoms with Gasteiger partial charge in [-0.2, -0.15) is 0 Å². The van der Waals surface area contributed by atoms with E-state index in [9.17, 15) is 9.59 Å². The predicted molar refractivity (Wildman–Crippen MR) is 88.4 cm³/mol. The van der Waals surface area contributed by atoms with Gasteiger partial charge in [-0.25, -0.2) is 9.78 Å². The second-order valence-electron chi connectivity index (χ2n) is 4.84. The standard InChI is InChI=1S/C14H16ClN5O2/c1-5-20-12-10(13(21)19-14(20)22)17-11(18-12)9(7(2)3)16-6-8(4)15/h6H,4-5H2,1-3H3,(H,17,18)(H,19,21,22). The summed E-state index contributed by atoms with van der Waals surface area (Å²) in [5.74, 6) is 0.391. The number of nitrogens with one attached hydrogen (secondary N) is 2. The van der Waals surface area contributed by atoms with Gasteiger partial charge in [0.15, 0.2) is 11.5 Å². The van der Waals surface area contributed by atoms with Crippen molar-refractivity contribution in [1.29, 1.82) is 0 Å². The summed E-state index contributed by atoms with van der Waals surface area (Å²) in [6.45, 7) is 9.44. The molecule has 2 N–H and O–H groups in total. The molecule has 0 saturated carbocycles. The molecule has 7 nitrogen and oxygen atoms in total. The van der Waals surface area contributed by atoms with Crippen LogP contribution >= 0.6 is 11.6 Å². The smallest absolute Gasteiger partial charge is 0.330 e. The van der Waals surface area contributed by atoms with Crippen LogP contribution in [0, 0.1) is 0 Å². The zero-order valence-electron chi connectivity index (χ0n) is 12.5. The number of hydrogen-bond acceptors (Lipinski definition) is 4. The van der Waals surface area contributed by atoms with Crippen molar-refractivity contribution in [3.05, 3.63) is 43.8 Å². The number of fused-ring (bicyclic) bond motifs is 1. The molecule has 2 aromatic heterocycles. The van der Waals surface area contributed by atoms with E-state index in [1.54, 1.807) is 6.92 Å². The lowest BCUT2D eigenvalue weighted by molar-refractivity contribution is 0.719. The van der Waals surface area contributed by atoms with E-state index in [2.05, 4.69) is 26.5 Å². The number of rotatable bonds is 4. The summed E-state index contributed by atoms with van der Waals surface area (Å²) in [5.41, 5.74) is 0.930. The molecule has 0 radical (unpaired) electrons. The minimum absolute atomic E-state index is 0.232. The third-order valence-corrected chi connectivity index (χ3v) is 3.08. The van der Waals surface area contributed by atoms with Gasteiger partial charge in [-0.3, -0.25) is 19.3 Å². The number of nitrogens with zero attached hydrogens (tertiary/aromatic N) is 3. The van der Waals surface area contributed by atoms with Crippen LogP contribution in [0.2, 0.25) is 0 Å². The number of aromatic nitrogens is 4. The molecule has 2 aromatic rings. The fraction of sp³-hybridized carbons (Fsp3) is 0.286. The molecule has 0 saturated heterocycles. The summed E-state index contributed by atoms with van der Waals surface area (Å²) in [4.78, 5) is 37.4. The third-order valence-electron chi connectivity index (χ3n) is 2.98. The van der Waals surface area contributed by atoms with Crippen LogP contribution in [0.4, 0.5) is 0 Å². The van der Waals surface area contributed by atoms with Crippen LogP contribution in [0.25, 0.3) is 16.9 Å². The molecule has 0 spiro atoms. The van der Waals surface area contributed by atoms with Crippen LogP contribution in [0.5, 0.6) is 0 Å². The van der Waals surface area contributed by atoms with E-state index in [0.717, 1.165) is 5.57 Å². The molecule has 0 unspecified atom stereocenters. The van der Waals surface area contributed by atoms with E-state index in [0.29, 0.717) is 23.7 Å². The molecule has 0 fully saturated rings. The second kappa shape index (κ2) is 6.15. The normalized spacial score (nSPS) is 11.3. The van der Waals surface area contributed by atoms with Gasteiger partial charge in [0.1, 0.15) is 11.2 Å². The molecule has 0 amide bonds. The van der Waals surface area contributed by atoms with Crippen molar-refractivity contribution in [2.75, 3.05) is 0 Å². The Morgan fingerprint density at radius 3 is 2.64 bits per heavy atom. The average Bonchev–Trinajstić information content (AvgIpc) is 2.83. The molecule has 0 atom stereocenters. The molecule has 22 heavy (non-hydrogen) atoms. The Balaban J connectivity index is 2.75. The lowest BCUT2D eigenvalue weighted by atomic mass is 10.2. The van der Waals surface area contributed by atoms with Crippen LogP contribution in [0.3, 0.4) is 0 Å². The minimum Gasteiger partial charge on any atom is -0.331 e. The maximum atomic E-state index is 11.9. The number of H-pyrrole nitrogens is 2. The Morgan fingerprint density at radius 2 is 2.09 bits per heavy atom. The van der Waals surface area contributed by atoms with Gasteiger partial charge in [-0.15, -0.1) is 0 Å². The molecule has 0 bridgehead atoms. The van der Waals surface area contributed by atoms with Gasteiger partial charge < -0.3 is 4.98 Å². The monoisotopic (exact) mass is 321 g/mol. The first-order valence-electron chi connectivity index (χ1n) is 6.64. The number of imidazole rings is 1. The van der Waals surface area contributed by atoms with Gasteiger partial charge in [-0.1, -0.05) is 18.2 Å². The summed E-state index contributed by atoms with van der Waals surface area (Å²) in [6, 6.07) is 0. The molecular weight excluding hydrogens is 306 g/mol. The lowest BCUT2D eigenvalue weighted by Crippen LogP contribution is -2.29. The molecule has 2 heterocycles. The number of aromatic amines is 2. The van der Waals surface area contributed by atoms with Crippen LogP contribution in [0.1, 0.15) is 26.6 Å². The van der Waals surface area contributed by atoms with Crippen molar-refractivity contribution in [2.45, 2.75) is 27.3 Å². The summed E-state index contributed by atoms with van der Waals surface area (Å²) >= 11 is 5.69. The van der Waals surface area contributed by atoms with Crippen molar-refractivity contribution in [1.82, 2.24) is 19.5 Å². The fourth-order valence-corrected chi connectivity index (χ4v) is 2.06. The van der Waals surface area contributed by atoms with Crippen molar-refractivity contribution in [3.8, 4) is 0 Å². The van der Waals surface area contributed by atoms with Crippen molar-refractivity contribution >= 4 is 34.7 Å². The third kappa shape index (κ3) is 2.94. The van der Waals surface area contributed by atoms with Crippen LogP contribution in [-0.4, -0.2) is 25.7 Å². The van der Waals surface area contributed by atoms with Gasteiger partial charge in [-0.05, 0) is 26.3 Å². The van der Waals surface area contributed by atoms with E-state index in [1.165, 1.54) is 10.8 Å². The van der Waals surface area contributed by atoms with Gasteiger partial charge in [0.25, 0.3) is 5.56 Å². The molecule has 0 aromatic carbocycles. The van der Waals surface area contributed by atoms with Crippen LogP contribution in [0.15, 0.2) is 31.8 Å². The minimum atomic E-state index is -0.512. The Hall–Kier alpha value is -2.41. The Labute approximate surface area is 131 Å². The number of aliphatic imine (C=N–C) groups is 1. The highest BCUT2D eigenvalue weighted by Gasteiger charge is 2.14. The summed E-state index contributed by atoms with van der Waals surface area (Å²) in [5, 5.41) is 0.276. The molecule has 0 aliphatic carbocycles. The van der Waals surface area contributed by atoms with E-state index in [-0.39, 0.29) is 10.5 Å². The van der Waals surface area contributed by atoms with E-state index in [4.69, 9.17) is 11.6 Å². The lowest BCUT2D eigenvalue weighted by Gasteiger charge is -2.00. The highest BCUT2D eigenvalue weighted by molar-refractivity contribution is 6.39. The van der Waals surface area contributed by atoms with Crippen LogP contribution < -0.4 is 11.2 Å². The fourth-order valence-electron chi connectivity index (χ4n) is 2.01. The molecule has 0 aliphatic heterocycles. The number of allylic oxidation sites excluding steroid dienone is 2. The Bertz CT molecular complexity index is 909. The van der Waals surface area contributed by atoms with Gasteiger partial charge in [0.2, 0.25) is 0 Å². The first kappa shape index (κ1) is 16.0. The highest BCUT2D eigenvalue weighted by atomic mass is 35.5. The molecule has 2 rings (SSSR count). The zero-order chi connectivity index (χ0) is 16.4. The first-order chi connectivity index (χ1) is 10.3. The SMILES string of the molecule is C=C(Cl)C=NC(=C(C)C)c1nc2c([nH]1)c(=O)[nH]c(=O)n2CC. The first-order valence-corrected chi connectivity index (χ1v) is 7.02. The highest BCUT2D eigenvalue weighted by Crippen LogP contribution is 2.19. The largest absolute Gasteiger partial charge is 0.331 e. The quantitative estimate of drug-likeness (QED) is 0.843. The van der Waals surface area contributed by atoms with Gasteiger partial charge in [0, 0.05) is 12.8 Å². The van der Waals surface area contributed by atoms with Gasteiger partial charge >= 0.3 is 5.69 Å². The van der Waals surface area contributed by atoms with Gasteiger partial charge in [0.05, 0.1) is 5.03 Å². The van der Waals surface area contributed by atoms with E-state index >= 15 is 0 Å². The zero-order valence-corrected chi connectivity index (χ0v) is 13.3. The molecule has 116 valence electrons. The summed E-state index contributed by atoms with van der Waals surface area (Å²) in [6.07, 6.45) is 1.40. The second-order valence-corrected chi connectivity index (χ2v) is 5.33. The number of hydrogen-bond donors (Lipinski definition) is 2. The van der Waals surface area contributed by atoms with Crippen molar-refractivity contribution in [3.63, 3.8) is 0 Å². The molecule has 8 heteroatoms. The molecule has 0 aliphatic rings. The van der Waals surface area contributed by atoms with E-state index < -0.39 is 11.2 Å². The van der Waals surface area contributed by atoms with Crippen molar-refractivity contribution in [2.24, 2.45) is 4.99 Å². The topological polar surface area (TPSA) is 95.9 Å². The number of halogens is 1. The summed E-state index contributed by atoms with van der Waals surface area (Å²) in [7, 11) is 0. The molecular formula is C14H16ClN5O2. The Morgan fingerprint density at radius 1 is 1.41 bits per heavy atom. The van der Waals surface area contributed by atoms with Crippen molar-refractivity contribution < 1.29 is 0 Å². The average molecular weight is 322 g/mol. The predicted octanol–water partition coefficient (Wildman–Crippen LogP) is 2.01. The summed E-state index contributed by atoms with van der Waals surface area (Å²) < 4.78 is 1.38. The van der Waals surface area contributed by atoms with E-state index in [1.807, 2.05) is 13.8 Å². The number of aryl methyl sites for hydroxylation is 1. The van der Waals surface area contributed by atoms with Crippen LogP contribution in [-0.2, 0) is 6.54 Å². The maximum absolute atomic E-state index is 11.9. The maximum Gasteiger partial charge on any atom is 0.330 e.